The van der Waals surface area contributed by atoms with Crippen LogP contribution in [-0.2, 0) is 26.2 Å². The van der Waals surface area contributed by atoms with Crippen molar-refractivity contribution in [1.29, 1.82) is 0 Å². The summed E-state index contributed by atoms with van der Waals surface area (Å²) in [6.45, 7) is 6.94. The molecule has 2 amide bonds. The number of amides is 2. The first-order valence-electron chi connectivity index (χ1n) is 11.8. The lowest BCUT2D eigenvalue weighted by atomic mass is 10.1. The molecule has 0 saturated carbocycles. The van der Waals surface area contributed by atoms with E-state index in [0.717, 1.165) is 23.8 Å². The number of carbonyl (C=O) groups excluding carboxylic acids is 2. The quantitative estimate of drug-likeness (QED) is 0.465. The highest BCUT2D eigenvalue weighted by Crippen LogP contribution is 2.20. The van der Waals surface area contributed by atoms with Crippen molar-refractivity contribution in [3.63, 3.8) is 0 Å². The average Bonchev–Trinajstić information content (AvgIpc) is 2.81. The van der Waals surface area contributed by atoms with E-state index in [1.807, 2.05) is 51.1 Å². The van der Waals surface area contributed by atoms with E-state index in [0.29, 0.717) is 31.6 Å². The first-order valence-corrected chi connectivity index (χ1v) is 13.7. The predicted molar refractivity (Wildman–Crippen MR) is 137 cm³/mol. The number of aryl methyl sites for hydroxylation is 1. The molecule has 0 spiro atoms. The zero-order valence-electron chi connectivity index (χ0n) is 20.7. The summed E-state index contributed by atoms with van der Waals surface area (Å²) in [7, 11) is -3.49. The Hall–Kier alpha value is -2.87. The minimum atomic E-state index is -3.49. The van der Waals surface area contributed by atoms with Gasteiger partial charge in [-0.25, -0.2) is 8.42 Å². The lowest BCUT2D eigenvalue weighted by molar-refractivity contribution is -0.141. The highest BCUT2D eigenvalue weighted by Gasteiger charge is 2.29. The molecular weight excluding hydrogens is 450 g/mol. The smallest absolute Gasteiger partial charge is 0.242 e. The lowest BCUT2D eigenvalue weighted by Crippen LogP contribution is -2.49. The number of para-hydroxylation sites is 1. The summed E-state index contributed by atoms with van der Waals surface area (Å²) in [6, 6.07) is 16.1. The van der Waals surface area contributed by atoms with Gasteiger partial charge in [-0.05, 0) is 49.4 Å². The largest absolute Gasteiger partial charge is 0.354 e. The molecule has 7 nitrogen and oxygen atoms in total. The summed E-state index contributed by atoms with van der Waals surface area (Å²) in [4.78, 5) is 27.9. The molecule has 0 radical (unpaired) electrons. The molecule has 0 unspecified atom stereocenters. The number of rotatable bonds is 13. The van der Waals surface area contributed by atoms with Gasteiger partial charge in [0.2, 0.25) is 21.8 Å². The molecule has 0 bridgehead atoms. The molecule has 0 aliphatic heterocycles. The van der Waals surface area contributed by atoms with E-state index in [1.54, 1.807) is 29.2 Å². The Bertz CT molecular complexity index is 1040. The van der Waals surface area contributed by atoms with Crippen molar-refractivity contribution in [3.05, 3.63) is 65.7 Å². The molecule has 1 atom stereocenters. The molecule has 2 aromatic carbocycles. The van der Waals surface area contributed by atoms with Gasteiger partial charge in [-0.2, -0.15) is 0 Å². The molecule has 2 rings (SSSR count). The Morgan fingerprint density at radius 3 is 2.24 bits per heavy atom. The molecule has 0 saturated heterocycles. The fourth-order valence-corrected chi connectivity index (χ4v) is 4.82. The minimum absolute atomic E-state index is 0.141. The van der Waals surface area contributed by atoms with E-state index in [4.69, 9.17) is 0 Å². The summed E-state index contributed by atoms with van der Waals surface area (Å²) in [5.74, 6) is -0.323. The van der Waals surface area contributed by atoms with E-state index in [2.05, 4.69) is 5.32 Å². The third-order valence-corrected chi connectivity index (χ3v) is 6.93. The van der Waals surface area contributed by atoms with Gasteiger partial charge in [0.25, 0.3) is 0 Å². The fourth-order valence-electron chi connectivity index (χ4n) is 3.85. The first-order chi connectivity index (χ1) is 16.2. The second kappa shape index (κ2) is 13.1. The number of anilines is 1. The molecule has 0 aromatic heterocycles. The van der Waals surface area contributed by atoms with Crippen LogP contribution in [0, 0.1) is 6.92 Å². The molecule has 186 valence electrons. The number of carbonyl (C=O) groups is 2. The van der Waals surface area contributed by atoms with Crippen LogP contribution in [0.2, 0.25) is 0 Å². The zero-order valence-corrected chi connectivity index (χ0v) is 21.5. The SMILES string of the molecule is CCCNC(=O)[C@H](CC)N(Cc1ccccc1C)C(=O)CCCN(c1ccccc1)S(C)(=O)=O. The Morgan fingerprint density at radius 2 is 1.65 bits per heavy atom. The minimum Gasteiger partial charge on any atom is -0.354 e. The van der Waals surface area contributed by atoms with Gasteiger partial charge in [0, 0.05) is 26.1 Å². The molecule has 0 heterocycles. The normalized spacial score (nSPS) is 12.1. The average molecular weight is 488 g/mol. The Balaban J connectivity index is 2.19. The number of benzene rings is 2. The maximum Gasteiger partial charge on any atom is 0.242 e. The highest BCUT2D eigenvalue weighted by molar-refractivity contribution is 7.92. The van der Waals surface area contributed by atoms with Crippen LogP contribution in [0.25, 0.3) is 0 Å². The van der Waals surface area contributed by atoms with Crippen molar-refractivity contribution in [1.82, 2.24) is 10.2 Å². The van der Waals surface area contributed by atoms with Crippen LogP contribution in [0.4, 0.5) is 5.69 Å². The number of hydrogen-bond donors (Lipinski definition) is 1. The highest BCUT2D eigenvalue weighted by atomic mass is 32.2. The van der Waals surface area contributed by atoms with Crippen LogP contribution in [0.3, 0.4) is 0 Å². The van der Waals surface area contributed by atoms with Crippen LogP contribution in [0.5, 0.6) is 0 Å². The van der Waals surface area contributed by atoms with Crippen LogP contribution < -0.4 is 9.62 Å². The number of nitrogens with zero attached hydrogens (tertiary/aromatic N) is 2. The summed E-state index contributed by atoms with van der Waals surface area (Å²) in [5, 5.41) is 2.91. The summed E-state index contributed by atoms with van der Waals surface area (Å²) >= 11 is 0. The van der Waals surface area contributed by atoms with E-state index in [-0.39, 0.29) is 24.8 Å². The van der Waals surface area contributed by atoms with E-state index >= 15 is 0 Å². The molecular formula is C26H37N3O4S. The predicted octanol–water partition coefficient (Wildman–Crippen LogP) is 3.87. The third-order valence-electron chi connectivity index (χ3n) is 5.73. The van der Waals surface area contributed by atoms with Gasteiger partial charge in [0.05, 0.1) is 11.9 Å². The fraction of sp³-hybridized carbons (Fsp3) is 0.462. The van der Waals surface area contributed by atoms with Crippen LogP contribution in [0.1, 0.15) is 50.7 Å². The maximum atomic E-state index is 13.4. The van der Waals surface area contributed by atoms with Crippen molar-refractivity contribution in [3.8, 4) is 0 Å². The van der Waals surface area contributed by atoms with Crippen LogP contribution in [-0.4, -0.2) is 50.5 Å². The van der Waals surface area contributed by atoms with Gasteiger partial charge in [-0.15, -0.1) is 0 Å². The Kier molecular flexibility index (Phi) is 10.6. The summed E-state index contributed by atoms with van der Waals surface area (Å²) < 4.78 is 26.0. The molecule has 0 fully saturated rings. The van der Waals surface area contributed by atoms with Crippen LogP contribution in [0.15, 0.2) is 54.6 Å². The van der Waals surface area contributed by atoms with Gasteiger partial charge in [0.15, 0.2) is 0 Å². The second-order valence-electron chi connectivity index (χ2n) is 8.44. The number of nitrogens with one attached hydrogen (secondary N) is 1. The lowest BCUT2D eigenvalue weighted by Gasteiger charge is -2.31. The third kappa shape index (κ3) is 7.87. The Labute approximate surface area is 204 Å². The maximum absolute atomic E-state index is 13.4. The van der Waals surface area contributed by atoms with Crippen molar-refractivity contribution < 1.29 is 18.0 Å². The van der Waals surface area contributed by atoms with Crippen LogP contribution >= 0.6 is 0 Å². The molecule has 34 heavy (non-hydrogen) atoms. The van der Waals surface area contributed by atoms with Gasteiger partial charge in [-0.3, -0.25) is 13.9 Å². The van der Waals surface area contributed by atoms with Crippen molar-refractivity contribution in [2.24, 2.45) is 0 Å². The van der Waals surface area contributed by atoms with Gasteiger partial charge >= 0.3 is 0 Å². The van der Waals surface area contributed by atoms with Crippen molar-refractivity contribution in [2.75, 3.05) is 23.7 Å². The van der Waals surface area contributed by atoms with E-state index in [9.17, 15) is 18.0 Å². The molecule has 8 heteroatoms. The first kappa shape index (κ1) is 27.4. The molecule has 0 aliphatic rings. The molecule has 2 aromatic rings. The van der Waals surface area contributed by atoms with Gasteiger partial charge in [-0.1, -0.05) is 56.3 Å². The molecule has 0 aliphatic carbocycles. The topological polar surface area (TPSA) is 86.8 Å². The Morgan fingerprint density at radius 1 is 1.00 bits per heavy atom. The molecule has 1 N–H and O–H groups in total. The zero-order chi connectivity index (χ0) is 25.1. The van der Waals surface area contributed by atoms with Crippen molar-refractivity contribution >= 4 is 27.5 Å². The standard InChI is InChI=1S/C26H37N3O4S/c1-5-18-27-26(31)24(6-2)28(20-22-14-11-10-13-21(22)3)25(30)17-12-19-29(34(4,32)33)23-15-8-7-9-16-23/h7-11,13-16,24H,5-6,12,17-20H2,1-4H3,(H,27,31)/t24-/m0/s1. The van der Waals surface area contributed by atoms with Crippen molar-refractivity contribution in [2.45, 2.75) is 59.0 Å². The van der Waals surface area contributed by atoms with Gasteiger partial charge in [0.1, 0.15) is 6.04 Å². The second-order valence-corrected chi connectivity index (χ2v) is 10.3. The van der Waals surface area contributed by atoms with Gasteiger partial charge < -0.3 is 10.2 Å². The van der Waals surface area contributed by atoms with E-state index < -0.39 is 16.1 Å². The summed E-state index contributed by atoms with van der Waals surface area (Å²) in [6.07, 6.45) is 2.96. The summed E-state index contributed by atoms with van der Waals surface area (Å²) in [5.41, 5.74) is 2.61. The number of hydrogen-bond acceptors (Lipinski definition) is 4. The monoisotopic (exact) mass is 487 g/mol. The van der Waals surface area contributed by atoms with E-state index in [1.165, 1.54) is 4.31 Å². The number of sulfonamides is 1.